The number of fused-ring (bicyclic) bond motifs is 1. The minimum atomic E-state index is -0.867. The molecule has 8 heteroatoms. The quantitative estimate of drug-likeness (QED) is 0.616. The molecule has 26 heavy (non-hydrogen) atoms. The van der Waals surface area contributed by atoms with Crippen molar-refractivity contribution >= 4 is 11.8 Å². The van der Waals surface area contributed by atoms with Gasteiger partial charge in [-0.25, -0.2) is 5.48 Å². The lowest BCUT2D eigenvalue weighted by atomic mass is 9.91. The SMILES string of the molecule is COC1(C(=O)N2Cc3ccc(C(=O)NO)cc3OC[C@@H]2C)CCOCC1. The normalized spacial score (nSPS) is 22.0. The molecular formula is C18H24N2O6. The highest BCUT2D eigenvalue weighted by Crippen LogP contribution is 2.32. The number of carbonyl (C=O) groups is 2. The molecular weight excluding hydrogens is 340 g/mol. The minimum Gasteiger partial charge on any atom is -0.491 e. The largest absolute Gasteiger partial charge is 0.491 e. The van der Waals surface area contributed by atoms with Crippen LogP contribution in [0.2, 0.25) is 0 Å². The fraction of sp³-hybridized carbons (Fsp3) is 0.556. The van der Waals surface area contributed by atoms with Crippen LogP contribution in [0.5, 0.6) is 5.75 Å². The molecule has 1 aromatic rings. The Hall–Kier alpha value is -2.16. The standard InChI is InChI=1S/C18H24N2O6/c1-12-11-26-15-9-13(16(21)19-23)3-4-14(15)10-20(12)17(22)18(24-2)5-7-25-8-6-18/h3-4,9,12,23H,5-8,10-11H2,1-2H3,(H,19,21)/t12-/m0/s1. The maximum absolute atomic E-state index is 13.3. The molecule has 0 saturated carbocycles. The van der Waals surface area contributed by atoms with Gasteiger partial charge in [0, 0.05) is 50.8 Å². The van der Waals surface area contributed by atoms with Crippen LogP contribution in [0.25, 0.3) is 0 Å². The lowest BCUT2D eigenvalue weighted by Crippen LogP contribution is -2.55. The zero-order valence-electron chi connectivity index (χ0n) is 15.0. The molecule has 0 aromatic heterocycles. The molecule has 0 unspecified atom stereocenters. The molecule has 1 atom stereocenters. The molecule has 2 aliphatic rings. The van der Waals surface area contributed by atoms with E-state index in [1.807, 2.05) is 6.92 Å². The highest BCUT2D eigenvalue weighted by molar-refractivity contribution is 5.94. The summed E-state index contributed by atoms with van der Waals surface area (Å²) in [6, 6.07) is 4.75. The molecule has 0 spiro atoms. The molecule has 1 saturated heterocycles. The van der Waals surface area contributed by atoms with Crippen LogP contribution in [-0.4, -0.2) is 60.5 Å². The van der Waals surface area contributed by atoms with E-state index in [1.165, 1.54) is 0 Å². The molecule has 0 radical (unpaired) electrons. The third kappa shape index (κ3) is 3.40. The van der Waals surface area contributed by atoms with E-state index in [0.717, 1.165) is 5.56 Å². The number of carbonyl (C=O) groups excluding carboxylic acids is 2. The van der Waals surface area contributed by atoms with Gasteiger partial charge in [-0.2, -0.15) is 0 Å². The average Bonchev–Trinajstić information content (AvgIpc) is 2.85. The van der Waals surface area contributed by atoms with Crippen LogP contribution in [0.4, 0.5) is 0 Å². The summed E-state index contributed by atoms with van der Waals surface area (Å²) in [5.41, 5.74) is 1.83. The van der Waals surface area contributed by atoms with Crippen LogP contribution in [0.3, 0.4) is 0 Å². The maximum Gasteiger partial charge on any atom is 0.274 e. The Morgan fingerprint density at radius 2 is 2.08 bits per heavy atom. The predicted octanol–water partition coefficient (Wildman–Crippen LogP) is 1.11. The summed E-state index contributed by atoms with van der Waals surface area (Å²) in [5.74, 6) is -0.140. The van der Waals surface area contributed by atoms with E-state index in [-0.39, 0.29) is 17.5 Å². The number of ether oxygens (including phenoxy) is 3. The summed E-state index contributed by atoms with van der Waals surface area (Å²) in [6.45, 7) is 3.58. The van der Waals surface area contributed by atoms with Crippen molar-refractivity contribution in [1.82, 2.24) is 10.4 Å². The first-order valence-electron chi connectivity index (χ1n) is 8.65. The summed E-state index contributed by atoms with van der Waals surface area (Å²) in [5, 5.41) is 8.79. The third-order valence-electron chi connectivity index (χ3n) is 5.13. The predicted molar refractivity (Wildman–Crippen MR) is 91.0 cm³/mol. The van der Waals surface area contributed by atoms with Crippen LogP contribution >= 0.6 is 0 Å². The Morgan fingerprint density at radius 3 is 2.73 bits per heavy atom. The van der Waals surface area contributed by atoms with E-state index in [2.05, 4.69) is 0 Å². The third-order valence-corrected chi connectivity index (χ3v) is 5.13. The number of hydrogen-bond acceptors (Lipinski definition) is 6. The van der Waals surface area contributed by atoms with E-state index in [9.17, 15) is 9.59 Å². The van der Waals surface area contributed by atoms with Gasteiger partial charge in [-0.3, -0.25) is 14.8 Å². The van der Waals surface area contributed by atoms with E-state index in [0.29, 0.717) is 45.0 Å². The summed E-state index contributed by atoms with van der Waals surface area (Å²) >= 11 is 0. The summed E-state index contributed by atoms with van der Waals surface area (Å²) in [6.07, 6.45) is 1.05. The van der Waals surface area contributed by atoms with E-state index in [1.54, 1.807) is 35.7 Å². The minimum absolute atomic E-state index is 0.0653. The van der Waals surface area contributed by atoms with Gasteiger partial charge in [-0.15, -0.1) is 0 Å². The summed E-state index contributed by atoms with van der Waals surface area (Å²) in [4.78, 5) is 26.7. The Morgan fingerprint density at radius 1 is 1.35 bits per heavy atom. The van der Waals surface area contributed by atoms with Crippen molar-refractivity contribution in [3.05, 3.63) is 29.3 Å². The second kappa shape index (κ2) is 7.61. The van der Waals surface area contributed by atoms with Crippen molar-refractivity contribution in [3.63, 3.8) is 0 Å². The first-order chi connectivity index (χ1) is 12.5. The highest BCUT2D eigenvalue weighted by atomic mass is 16.5. The van der Waals surface area contributed by atoms with Crippen LogP contribution in [0, 0.1) is 0 Å². The Kier molecular flexibility index (Phi) is 5.45. The van der Waals surface area contributed by atoms with Gasteiger partial charge in [0.2, 0.25) is 0 Å². The lowest BCUT2D eigenvalue weighted by Gasteiger charge is -2.39. The molecule has 142 valence electrons. The van der Waals surface area contributed by atoms with Crippen LogP contribution < -0.4 is 10.2 Å². The molecule has 1 aromatic carbocycles. The molecule has 2 amide bonds. The smallest absolute Gasteiger partial charge is 0.274 e. The average molecular weight is 364 g/mol. The second-order valence-corrected chi connectivity index (χ2v) is 6.67. The number of nitrogens with zero attached hydrogens (tertiary/aromatic N) is 1. The van der Waals surface area contributed by atoms with Gasteiger partial charge in [-0.1, -0.05) is 6.07 Å². The van der Waals surface area contributed by atoms with Crippen LogP contribution in [-0.2, 0) is 20.8 Å². The van der Waals surface area contributed by atoms with Crippen molar-refractivity contribution in [1.29, 1.82) is 0 Å². The number of nitrogens with one attached hydrogen (secondary N) is 1. The van der Waals surface area contributed by atoms with Crippen molar-refractivity contribution in [2.75, 3.05) is 26.9 Å². The number of benzene rings is 1. The maximum atomic E-state index is 13.3. The van der Waals surface area contributed by atoms with E-state index in [4.69, 9.17) is 19.4 Å². The lowest BCUT2D eigenvalue weighted by molar-refractivity contribution is -0.169. The number of methoxy groups -OCH3 is 1. The van der Waals surface area contributed by atoms with Gasteiger partial charge >= 0.3 is 0 Å². The molecule has 8 nitrogen and oxygen atoms in total. The van der Waals surface area contributed by atoms with Crippen molar-refractivity contribution < 1.29 is 29.0 Å². The Labute approximate surface area is 152 Å². The summed E-state index contributed by atoms with van der Waals surface area (Å²) < 4.78 is 16.8. The molecule has 1 fully saturated rings. The first-order valence-corrected chi connectivity index (χ1v) is 8.65. The second-order valence-electron chi connectivity index (χ2n) is 6.67. The summed E-state index contributed by atoms with van der Waals surface area (Å²) in [7, 11) is 1.57. The number of hydrogen-bond donors (Lipinski definition) is 2. The van der Waals surface area contributed by atoms with Crippen molar-refractivity contribution in [2.24, 2.45) is 0 Å². The number of rotatable bonds is 3. The van der Waals surface area contributed by atoms with Gasteiger partial charge in [-0.05, 0) is 19.1 Å². The molecule has 2 heterocycles. The van der Waals surface area contributed by atoms with Gasteiger partial charge in [0.25, 0.3) is 11.8 Å². The van der Waals surface area contributed by atoms with E-state index >= 15 is 0 Å². The fourth-order valence-electron chi connectivity index (χ4n) is 3.41. The molecule has 2 aliphatic heterocycles. The zero-order valence-corrected chi connectivity index (χ0v) is 15.0. The first kappa shape index (κ1) is 18.6. The van der Waals surface area contributed by atoms with Gasteiger partial charge in [0.1, 0.15) is 12.4 Å². The molecule has 3 rings (SSSR count). The topological polar surface area (TPSA) is 97.3 Å². The van der Waals surface area contributed by atoms with E-state index < -0.39 is 11.5 Å². The molecule has 0 aliphatic carbocycles. The fourth-order valence-corrected chi connectivity index (χ4v) is 3.41. The van der Waals surface area contributed by atoms with Gasteiger partial charge < -0.3 is 19.1 Å². The van der Waals surface area contributed by atoms with Crippen molar-refractivity contribution in [3.8, 4) is 5.75 Å². The monoisotopic (exact) mass is 364 g/mol. The van der Waals surface area contributed by atoms with Crippen LogP contribution in [0.15, 0.2) is 18.2 Å². The van der Waals surface area contributed by atoms with Gasteiger partial charge in [0.15, 0.2) is 5.60 Å². The number of amides is 2. The molecule has 0 bridgehead atoms. The van der Waals surface area contributed by atoms with Crippen LogP contribution in [0.1, 0.15) is 35.7 Å². The Balaban J connectivity index is 1.87. The Bertz CT molecular complexity index is 686. The highest BCUT2D eigenvalue weighted by Gasteiger charge is 2.44. The zero-order chi connectivity index (χ0) is 18.7. The van der Waals surface area contributed by atoms with Gasteiger partial charge in [0.05, 0.1) is 6.04 Å². The van der Waals surface area contributed by atoms with Crippen molar-refractivity contribution in [2.45, 2.75) is 38.0 Å². The molecule has 2 N–H and O–H groups in total. The number of hydroxylamine groups is 1.